The predicted molar refractivity (Wildman–Crippen MR) is 138 cm³/mol. The van der Waals surface area contributed by atoms with Gasteiger partial charge >= 0.3 is 0 Å². The molecule has 36 heavy (non-hydrogen) atoms. The number of nitrogens with one attached hydrogen (secondary N) is 1. The van der Waals surface area contributed by atoms with Crippen molar-refractivity contribution in [2.24, 2.45) is 0 Å². The van der Waals surface area contributed by atoms with Crippen LogP contribution in [-0.2, 0) is 11.3 Å². The van der Waals surface area contributed by atoms with Gasteiger partial charge in [0.15, 0.2) is 5.82 Å². The molecule has 3 heterocycles. The molecule has 194 valence electrons. The third-order valence-corrected chi connectivity index (χ3v) is 7.60. The van der Waals surface area contributed by atoms with E-state index in [4.69, 9.17) is 9.47 Å². The quantitative estimate of drug-likeness (QED) is 0.441. The number of hydrogen-bond acceptors (Lipinski definition) is 7. The minimum Gasteiger partial charge on any atom is -0.494 e. The van der Waals surface area contributed by atoms with Crippen molar-refractivity contribution in [3.8, 4) is 5.75 Å². The fourth-order valence-electron chi connectivity index (χ4n) is 5.78. The van der Waals surface area contributed by atoms with Gasteiger partial charge in [0, 0.05) is 36.2 Å². The van der Waals surface area contributed by atoms with Crippen LogP contribution in [-0.4, -0.2) is 56.0 Å². The lowest BCUT2D eigenvalue weighted by molar-refractivity contribution is 0.0481. The van der Waals surface area contributed by atoms with Gasteiger partial charge in [-0.3, -0.25) is 9.69 Å². The number of fused-ring (bicyclic) bond motifs is 1. The summed E-state index contributed by atoms with van der Waals surface area (Å²) in [5.74, 6) is 1.70. The SMILES string of the molecule is CCOc1ccc2[nH]c(=O)c(CN(C[C@H]3CCCO3)[C@H](CC)c3nnnn3C3CCCCC3)cc2c1. The highest BCUT2D eigenvalue weighted by Crippen LogP contribution is 2.33. The number of hydrogen-bond donors (Lipinski definition) is 1. The van der Waals surface area contributed by atoms with Crippen molar-refractivity contribution in [2.45, 2.75) is 89.9 Å². The van der Waals surface area contributed by atoms with Gasteiger partial charge in [0.2, 0.25) is 0 Å². The molecule has 0 amide bonds. The maximum absolute atomic E-state index is 13.1. The van der Waals surface area contributed by atoms with Crippen LogP contribution in [0, 0.1) is 0 Å². The summed E-state index contributed by atoms with van der Waals surface area (Å²) in [6, 6.07) is 8.13. The zero-order chi connectivity index (χ0) is 24.9. The lowest BCUT2D eigenvalue weighted by Gasteiger charge is -2.33. The Morgan fingerprint density at radius 1 is 1.17 bits per heavy atom. The van der Waals surface area contributed by atoms with Gasteiger partial charge in [-0.25, -0.2) is 4.68 Å². The molecule has 1 aliphatic carbocycles. The summed E-state index contributed by atoms with van der Waals surface area (Å²) in [7, 11) is 0. The van der Waals surface area contributed by atoms with Crippen LogP contribution in [0.25, 0.3) is 10.9 Å². The molecule has 2 atom stereocenters. The molecule has 1 aliphatic heterocycles. The minimum absolute atomic E-state index is 0.00372. The number of rotatable bonds is 10. The number of ether oxygens (including phenoxy) is 2. The van der Waals surface area contributed by atoms with Gasteiger partial charge < -0.3 is 14.5 Å². The lowest BCUT2D eigenvalue weighted by atomic mass is 9.95. The Balaban J connectivity index is 1.47. The maximum atomic E-state index is 13.1. The molecule has 0 unspecified atom stereocenters. The topological polar surface area (TPSA) is 98.2 Å². The molecule has 0 spiro atoms. The number of aromatic nitrogens is 5. The molecule has 1 aromatic carbocycles. The first-order valence-corrected chi connectivity index (χ1v) is 13.6. The second-order valence-electron chi connectivity index (χ2n) is 10.1. The van der Waals surface area contributed by atoms with Crippen LogP contribution in [0.15, 0.2) is 29.1 Å². The second-order valence-corrected chi connectivity index (χ2v) is 10.1. The molecule has 2 aliphatic rings. The standard InChI is InChI=1S/C27H38N6O3/c1-3-25(26-29-30-31-33(26)21-9-6-5-7-10-21)32(18-23-11-8-14-36-23)17-20-15-19-16-22(35-4-2)12-13-24(19)28-27(20)34/h12-13,15-16,21,23,25H,3-11,14,17-18H2,1-2H3,(H,28,34)/t23-,25-/m1/s1. The van der Waals surface area contributed by atoms with E-state index in [1.165, 1.54) is 19.3 Å². The Morgan fingerprint density at radius 3 is 2.78 bits per heavy atom. The fraction of sp³-hybridized carbons (Fsp3) is 0.630. The third-order valence-electron chi connectivity index (χ3n) is 7.60. The van der Waals surface area contributed by atoms with Crippen LogP contribution in [0.1, 0.15) is 88.7 Å². The second kappa shape index (κ2) is 11.5. The van der Waals surface area contributed by atoms with Crippen molar-refractivity contribution in [3.63, 3.8) is 0 Å². The van der Waals surface area contributed by atoms with Gasteiger partial charge in [0.25, 0.3) is 5.56 Å². The van der Waals surface area contributed by atoms with Crippen LogP contribution >= 0.6 is 0 Å². The summed E-state index contributed by atoms with van der Waals surface area (Å²) >= 11 is 0. The van der Waals surface area contributed by atoms with E-state index < -0.39 is 0 Å². The normalized spacial score (nSPS) is 19.8. The molecule has 3 aromatic rings. The van der Waals surface area contributed by atoms with Crippen LogP contribution < -0.4 is 10.3 Å². The number of nitrogens with zero attached hydrogens (tertiary/aromatic N) is 5. The van der Waals surface area contributed by atoms with Gasteiger partial charge in [0.1, 0.15) is 5.75 Å². The number of pyridine rings is 1. The molecular weight excluding hydrogens is 456 g/mol. The highest BCUT2D eigenvalue weighted by molar-refractivity contribution is 5.80. The molecule has 1 N–H and O–H groups in total. The van der Waals surface area contributed by atoms with E-state index in [1.54, 1.807) is 0 Å². The van der Waals surface area contributed by atoms with E-state index in [0.717, 1.165) is 73.3 Å². The average molecular weight is 495 g/mol. The Labute approximate surface area is 212 Å². The largest absolute Gasteiger partial charge is 0.494 e. The molecule has 2 fully saturated rings. The average Bonchev–Trinajstić information content (AvgIpc) is 3.58. The molecule has 0 bridgehead atoms. The van der Waals surface area contributed by atoms with E-state index in [1.807, 2.05) is 31.2 Å². The van der Waals surface area contributed by atoms with E-state index in [0.29, 0.717) is 19.2 Å². The fourth-order valence-corrected chi connectivity index (χ4v) is 5.78. The van der Waals surface area contributed by atoms with Crippen LogP contribution in [0.3, 0.4) is 0 Å². The molecule has 1 saturated heterocycles. The number of aromatic amines is 1. The molecule has 0 radical (unpaired) electrons. The molecule has 2 aromatic heterocycles. The predicted octanol–water partition coefficient (Wildman–Crippen LogP) is 4.55. The van der Waals surface area contributed by atoms with Crippen molar-refractivity contribution >= 4 is 10.9 Å². The summed E-state index contributed by atoms with van der Waals surface area (Å²) in [5, 5.41) is 14.0. The summed E-state index contributed by atoms with van der Waals surface area (Å²) in [5.41, 5.74) is 1.47. The van der Waals surface area contributed by atoms with Crippen molar-refractivity contribution in [1.29, 1.82) is 0 Å². The summed E-state index contributed by atoms with van der Waals surface area (Å²) < 4.78 is 13.8. The van der Waals surface area contributed by atoms with E-state index >= 15 is 0 Å². The minimum atomic E-state index is -0.0641. The Bertz CT molecular complexity index is 1200. The van der Waals surface area contributed by atoms with Crippen molar-refractivity contribution < 1.29 is 9.47 Å². The van der Waals surface area contributed by atoms with Crippen LogP contribution in [0.2, 0.25) is 0 Å². The first-order chi connectivity index (χ1) is 17.7. The van der Waals surface area contributed by atoms with Crippen LogP contribution in [0.4, 0.5) is 0 Å². The Hall–Kier alpha value is -2.78. The monoisotopic (exact) mass is 494 g/mol. The maximum Gasteiger partial charge on any atom is 0.252 e. The Morgan fingerprint density at radius 2 is 2.03 bits per heavy atom. The van der Waals surface area contributed by atoms with E-state index in [9.17, 15) is 4.79 Å². The molecule has 5 rings (SSSR count). The number of tetrazole rings is 1. The highest BCUT2D eigenvalue weighted by atomic mass is 16.5. The van der Waals surface area contributed by atoms with Gasteiger partial charge in [0.05, 0.1) is 24.8 Å². The first-order valence-electron chi connectivity index (χ1n) is 13.6. The highest BCUT2D eigenvalue weighted by Gasteiger charge is 2.31. The van der Waals surface area contributed by atoms with Gasteiger partial charge in [-0.15, -0.1) is 5.10 Å². The van der Waals surface area contributed by atoms with Crippen molar-refractivity contribution in [2.75, 3.05) is 19.8 Å². The Kier molecular flexibility index (Phi) is 7.96. The zero-order valence-electron chi connectivity index (χ0n) is 21.5. The first kappa shape index (κ1) is 24.9. The van der Waals surface area contributed by atoms with Gasteiger partial charge in [-0.1, -0.05) is 26.2 Å². The molecule has 9 heteroatoms. The van der Waals surface area contributed by atoms with Gasteiger partial charge in [-0.05, 0) is 73.7 Å². The summed E-state index contributed by atoms with van der Waals surface area (Å²) in [6.07, 6.45) is 9.07. The number of benzene rings is 1. The smallest absolute Gasteiger partial charge is 0.252 e. The van der Waals surface area contributed by atoms with E-state index in [-0.39, 0.29) is 17.7 Å². The van der Waals surface area contributed by atoms with Crippen molar-refractivity contribution in [1.82, 2.24) is 30.1 Å². The van der Waals surface area contributed by atoms with E-state index in [2.05, 4.69) is 37.0 Å². The summed E-state index contributed by atoms with van der Waals surface area (Å²) in [4.78, 5) is 18.6. The van der Waals surface area contributed by atoms with Crippen molar-refractivity contribution in [3.05, 3.63) is 46.0 Å². The molecule has 1 saturated carbocycles. The zero-order valence-corrected chi connectivity index (χ0v) is 21.5. The summed E-state index contributed by atoms with van der Waals surface area (Å²) in [6.45, 7) is 6.78. The lowest BCUT2D eigenvalue weighted by Crippen LogP contribution is -2.38. The molecular formula is C27H38N6O3. The van der Waals surface area contributed by atoms with Gasteiger partial charge in [-0.2, -0.15) is 0 Å². The number of H-pyrrole nitrogens is 1. The van der Waals surface area contributed by atoms with Crippen LogP contribution in [0.5, 0.6) is 5.75 Å². The third kappa shape index (κ3) is 5.47. The molecule has 9 nitrogen and oxygen atoms in total.